The first-order chi connectivity index (χ1) is 15.9. The lowest BCUT2D eigenvalue weighted by atomic mass is 10.2. The second kappa shape index (κ2) is 9.41. The van der Waals surface area contributed by atoms with Crippen molar-refractivity contribution in [2.45, 2.75) is 18.7 Å². The van der Waals surface area contributed by atoms with Crippen LogP contribution < -0.4 is 23.8 Å². The van der Waals surface area contributed by atoms with Crippen LogP contribution in [0.4, 0.5) is 11.4 Å². The van der Waals surface area contributed by atoms with Crippen LogP contribution >= 0.6 is 0 Å². The van der Waals surface area contributed by atoms with Gasteiger partial charge in [0, 0.05) is 18.3 Å². The number of carbonyl (C=O) groups excluding carboxylic acids is 1. The van der Waals surface area contributed by atoms with Crippen molar-refractivity contribution in [3.05, 3.63) is 72.3 Å². The van der Waals surface area contributed by atoms with Gasteiger partial charge in [0.15, 0.2) is 18.1 Å². The third-order valence-corrected chi connectivity index (χ3v) is 6.96. The van der Waals surface area contributed by atoms with Crippen molar-refractivity contribution in [1.29, 1.82) is 0 Å². The van der Waals surface area contributed by atoms with E-state index in [0.29, 0.717) is 28.6 Å². The van der Waals surface area contributed by atoms with E-state index < -0.39 is 10.0 Å². The van der Waals surface area contributed by atoms with Crippen molar-refractivity contribution in [3.63, 3.8) is 0 Å². The molecule has 1 aliphatic heterocycles. The molecule has 0 atom stereocenters. The quantitative estimate of drug-likeness (QED) is 0.538. The molecule has 1 heterocycles. The molecule has 3 aromatic rings. The molecule has 0 aliphatic carbocycles. The fourth-order valence-electron chi connectivity index (χ4n) is 3.36. The van der Waals surface area contributed by atoms with Crippen LogP contribution in [0.5, 0.6) is 17.2 Å². The Morgan fingerprint density at radius 3 is 2.39 bits per heavy atom. The number of nitrogens with one attached hydrogen (secondary N) is 1. The molecule has 0 fully saturated rings. The minimum atomic E-state index is -3.69. The fraction of sp³-hybridized carbons (Fsp3) is 0.208. The van der Waals surface area contributed by atoms with Gasteiger partial charge in [-0.1, -0.05) is 17.7 Å². The van der Waals surface area contributed by atoms with Gasteiger partial charge in [0.05, 0.1) is 10.6 Å². The van der Waals surface area contributed by atoms with Crippen molar-refractivity contribution < 1.29 is 27.4 Å². The Morgan fingerprint density at radius 1 is 1.00 bits per heavy atom. The number of fused-ring (bicyclic) bond motifs is 1. The molecule has 1 aliphatic rings. The van der Waals surface area contributed by atoms with Crippen LogP contribution in [0.15, 0.2) is 71.6 Å². The Bertz CT molecular complexity index is 1240. The number of nitrogens with zero attached hydrogens (tertiary/aromatic N) is 1. The Hall–Kier alpha value is -3.72. The molecular formula is C24H24N2O6S. The van der Waals surface area contributed by atoms with E-state index in [1.807, 2.05) is 6.92 Å². The average Bonchev–Trinajstić information content (AvgIpc) is 3.27. The topological polar surface area (TPSA) is 94.2 Å². The first-order valence-electron chi connectivity index (χ1n) is 10.4. The molecule has 0 aromatic heterocycles. The predicted molar refractivity (Wildman–Crippen MR) is 125 cm³/mol. The van der Waals surface area contributed by atoms with Crippen LogP contribution in [0.2, 0.25) is 0 Å². The molecule has 3 aromatic carbocycles. The van der Waals surface area contributed by atoms with Crippen LogP contribution in [0.3, 0.4) is 0 Å². The summed E-state index contributed by atoms with van der Waals surface area (Å²) in [5.41, 5.74) is 2.07. The largest absolute Gasteiger partial charge is 0.484 e. The van der Waals surface area contributed by atoms with Gasteiger partial charge in [0.1, 0.15) is 5.75 Å². The van der Waals surface area contributed by atoms with Crippen molar-refractivity contribution in [2.75, 3.05) is 29.6 Å². The smallest absolute Gasteiger partial charge is 0.264 e. The highest BCUT2D eigenvalue weighted by atomic mass is 32.2. The van der Waals surface area contributed by atoms with Gasteiger partial charge < -0.3 is 19.5 Å². The lowest BCUT2D eigenvalue weighted by Crippen LogP contribution is -2.30. The van der Waals surface area contributed by atoms with Gasteiger partial charge in [0.2, 0.25) is 6.79 Å². The maximum absolute atomic E-state index is 13.0. The van der Waals surface area contributed by atoms with Crippen LogP contribution in [-0.2, 0) is 14.8 Å². The third kappa shape index (κ3) is 5.04. The minimum absolute atomic E-state index is 0.160. The van der Waals surface area contributed by atoms with E-state index in [4.69, 9.17) is 14.2 Å². The summed E-state index contributed by atoms with van der Waals surface area (Å²) in [6.07, 6.45) is 0. The van der Waals surface area contributed by atoms with E-state index >= 15 is 0 Å². The van der Waals surface area contributed by atoms with Gasteiger partial charge in [-0.15, -0.1) is 0 Å². The van der Waals surface area contributed by atoms with E-state index in [1.54, 1.807) is 73.7 Å². The molecule has 172 valence electrons. The normalized spacial score (nSPS) is 12.3. The zero-order chi connectivity index (χ0) is 23.4. The van der Waals surface area contributed by atoms with Gasteiger partial charge in [-0.25, -0.2) is 8.42 Å². The second-order valence-corrected chi connectivity index (χ2v) is 9.24. The number of aryl methyl sites for hydroxylation is 1. The lowest BCUT2D eigenvalue weighted by Gasteiger charge is -2.23. The van der Waals surface area contributed by atoms with Crippen molar-refractivity contribution in [3.8, 4) is 17.2 Å². The SMILES string of the molecule is CCN(c1ccc(OCC(=O)Nc2ccc3c(c2)OCO3)cc1)S(=O)(=O)c1ccc(C)cc1. The maximum atomic E-state index is 13.0. The molecule has 33 heavy (non-hydrogen) atoms. The molecule has 0 unspecified atom stereocenters. The van der Waals surface area contributed by atoms with E-state index in [0.717, 1.165) is 5.56 Å². The molecule has 0 spiro atoms. The zero-order valence-electron chi connectivity index (χ0n) is 18.3. The number of benzene rings is 3. The van der Waals surface area contributed by atoms with Crippen molar-refractivity contribution >= 4 is 27.3 Å². The van der Waals surface area contributed by atoms with E-state index in [9.17, 15) is 13.2 Å². The Balaban J connectivity index is 1.38. The molecular weight excluding hydrogens is 444 g/mol. The summed E-state index contributed by atoms with van der Waals surface area (Å²) in [7, 11) is -3.69. The van der Waals surface area contributed by atoms with Crippen molar-refractivity contribution in [1.82, 2.24) is 0 Å². The van der Waals surface area contributed by atoms with E-state index in [1.165, 1.54) is 4.31 Å². The molecule has 8 nitrogen and oxygen atoms in total. The van der Waals surface area contributed by atoms with Gasteiger partial charge >= 0.3 is 0 Å². The molecule has 9 heteroatoms. The van der Waals surface area contributed by atoms with Crippen LogP contribution in [0.1, 0.15) is 12.5 Å². The Labute approximate surface area is 192 Å². The highest BCUT2D eigenvalue weighted by Crippen LogP contribution is 2.34. The summed E-state index contributed by atoms with van der Waals surface area (Å²) in [5, 5.41) is 2.74. The fourth-order valence-corrected chi connectivity index (χ4v) is 4.83. The zero-order valence-corrected chi connectivity index (χ0v) is 19.1. The minimum Gasteiger partial charge on any atom is -0.484 e. The Morgan fingerprint density at radius 2 is 1.70 bits per heavy atom. The molecule has 0 radical (unpaired) electrons. The number of sulfonamides is 1. The van der Waals surface area contributed by atoms with Crippen LogP contribution in [-0.4, -0.2) is 34.3 Å². The highest BCUT2D eigenvalue weighted by molar-refractivity contribution is 7.92. The second-order valence-electron chi connectivity index (χ2n) is 7.38. The number of ether oxygens (including phenoxy) is 3. The summed E-state index contributed by atoms with van der Waals surface area (Å²) in [5.74, 6) is 1.32. The maximum Gasteiger partial charge on any atom is 0.264 e. The summed E-state index contributed by atoms with van der Waals surface area (Å²) in [4.78, 5) is 12.5. The lowest BCUT2D eigenvalue weighted by molar-refractivity contribution is -0.118. The first-order valence-corrected chi connectivity index (χ1v) is 11.8. The number of hydrogen-bond donors (Lipinski definition) is 1. The van der Waals surface area contributed by atoms with Gasteiger partial charge in [0.25, 0.3) is 15.9 Å². The Kier molecular flexibility index (Phi) is 6.41. The van der Waals surface area contributed by atoms with Gasteiger partial charge in [-0.2, -0.15) is 0 Å². The van der Waals surface area contributed by atoms with Crippen LogP contribution in [0, 0.1) is 6.92 Å². The van der Waals surface area contributed by atoms with E-state index in [-0.39, 0.29) is 30.7 Å². The molecule has 0 bridgehead atoms. The number of carbonyl (C=O) groups is 1. The molecule has 4 rings (SSSR count). The molecule has 0 saturated carbocycles. The third-order valence-electron chi connectivity index (χ3n) is 5.05. The number of rotatable bonds is 8. The summed E-state index contributed by atoms with van der Waals surface area (Å²) >= 11 is 0. The average molecular weight is 469 g/mol. The first kappa shape index (κ1) is 22.5. The number of amides is 1. The number of hydrogen-bond acceptors (Lipinski definition) is 6. The molecule has 1 N–H and O–H groups in total. The summed E-state index contributed by atoms with van der Waals surface area (Å²) < 4.78 is 43.5. The predicted octanol–water partition coefficient (Wildman–Crippen LogP) is 3.96. The molecule has 0 saturated heterocycles. The van der Waals surface area contributed by atoms with Crippen LogP contribution in [0.25, 0.3) is 0 Å². The summed E-state index contributed by atoms with van der Waals surface area (Å²) in [6.45, 7) is 3.91. The van der Waals surface area contributed by atoms with Gasteiger partial charge in [-0.05, 0) is 62.4 Å². The van der Waals surface area contributed by atoms with E-state index in [2.05, 4.69) is 5.32 Å². The van der Waals surface area contributed by atoms with Crippen molar-refractivity contribution in [2.24, 2.45) is 0 Å². The number of anilines is 2. The standard InChI is InChI=1S/C24H24N2O6S/c1-3-26(33(28,29)21-11-4-17(2)5-12-21)19-7-9-20(10-8-19)30-15-24(27)25-18-6-13-22-23(14-18)32-16-31-22/h4-14H,3,15-16H2,1-2H3,(H,25,27). The monoisotopic (exact) mass is 468 g/mol. The molecule has 1 amide bonds. The highest BCUT2D eigenvalue weighted by Gasteiger charge is 2.23. The van der Waals surface area contributed by atoms with Gasteiger partial charge in [-0.3, -0.25) is 9.10 Å². The summed E-state index contributed by atoms with van der Waals surface area (Å²) in [6, 6.07) is 18.4.